The van der Waals surface area contributed by atoms with Gasteiger partial charge in [-0.1, -0.05) is 67.0 Å². The first-order valence-electron chi connectivity index (χ1n) is 21.4. The van der Waals surface area contributed by atoms with E-state index in [9.17, 15) is 0 Å². The van der Waals surface area contributed by atoms with Gasteiger partial charge in [0.2, 0.25) is 0 Å². The Labute approximate surface area is 332 Å². The zero-order chi connectivity index (χ0) is 39.3. The molecular weight excluding hydrogens is 691 g/mol. The van der Waals surface area contributed by atoms with Crippen molar-refractivity contribution in [1.29, 1.82) is 0 Å². The van der Waals surface area contributed by atoms with E-state index < -0.39 is 0 Å². The van der Waals surface area contributed by atoms with Crippen molar-refractivity contribution in [3.05, 3.63) is 35.3 Å². The summed E-state index contributed by atoms with van der Waals surface area (Å²) in [7, 11) is 0. The highest BCUT2D eigenvalue weighted by Gasteiger charge is 2.71. The molecule has 1 spiro atoms. The standard InChI is InChI=1S/C35H57NO3S.C10H18N4/c1-22(2)24(5)34-15-14-31(8)26-10-11-28-30(7)20-37-25(6)35(28,27(26)12-13-33(31,19-34)16-17-39-34)40-18-29(30)38-21-32(9,36)23(3)4;1-4-8(3)9(14-13-5-2)10-11-6-7-12-10/h12,16-17,22-26,28-29H,10-11,13-15,18-21,36H2,1-9H3;5,14H,4,6-7H2,1-3H3,(H,11,12)/b;9-8+,13-5-/t24-,25?,26?,28?,29?,30+,31?,32+,33-,34-,35?;/m1./s1. The van der Waals surface area contributed by atoms with Crippen molar-refractivity contribution in [2.75, 3.05) is 32.1 Å². The van der Waals surface area contributed by atoms with E-state index in [0.29, 0.717) is 36.2 Å². The first kappa shape index (κ1) is 41.8. The second-order valence-electron chi connectivity index (χ2n) is 19.5. The molecule has 3 aliphatic carbocycles. The smallest absolute Gasteiger partial charge is 0.146 e. The molecule has 7 rings (SSSR count). The fraction of sp³-hybridized carbons (Fsp3) is 0.822. The molecule has 4 aliphatic heterocycles. The van der Waals surface area contributed by atoms with Crippen molar-refractivity contribution in [2.24, 2.45) is 61.7 Å². The van der Waals surface area contributed by atoms with Gasteiger partial charge in [-0.15, -0.1) is 11.8 Å². The van der Waals surface area contributed by atoms with Gasteiger partial charge in [-0.25, -0.2) is 0 Å². The van der Waals surface area contributed by atoms with E-state index in [1.165, 1.54) is 37.7 Å². The monoisotopic (exact) mass is 766 g/mol. The van der Waals surface area contributed by atoms with Gasteiger partial charge < -0.3 is 25.3 Å². The number of hydrazone groups is 1. The zero-order valence-corrected chi connectivity index (χ0v) is 36.8. The lowest BCUT2D eigenvalue weighted by molar-refractivity contribution is -0.195. The quantitative estimate of drug-likeness (QED) is 0.116. The molecule has 8 nitrogen and oxygen atoms in total. The third-order valence-electron chi connectivity index (χ3n) is 16.2. The molecule has 4 bridgehead atoms. The molecule has 2 saturated heterocycles. The average molecular weight is 766 g/mol. The highest BCUT2D eigenvalue weighted by molar-refractivity contribution is 8.01. The molecule has 9 heteroatoms. The van der Waals surface area contributed by atoms with Crippen LogP contribution in [0, 0.1) is 45.8 Å². The van der Waals surface area contributed by atoms with Gasteiger partial charge in [0.25, 0.3) is 0 Å². The normalized spacial score (nSPS) is 41.5. The Bertz CT molecular complexity index is 1540. The first-order chi connectivity index (χ1) is 25.5. The maximum atomic E-state index is 6.78. The predicted molar refractivity (Wildman–Crippen MR) is 227 cm³/mol. The van der Waals surface area contributed by atoms with Crippen LogP contribution in [0.5, 0.6) is 0 Å². The van der Waals surface area contributed by atoms with E-state index in [1.54, 1.807) is 11.8 Å². The van der Waals surface area contributed by atoms with Crippen molar-refractivity contribution >= 4 is 23.8 Å². The molecule has 54 heavy (non-hydrogen) atoms. The molecule has 4 N–H and O–H groups in total. The highest BCUT2D eigenvalue weighted by atomic mass is 32.2. The number of fused-ring (bicyclic) bond motifs is 3. The van der Waals surface area contributed by atoms with Gasteiger partial charge in [0.05, 0.1) is 48.7 Å². The van der Waals surface area contributed by atoms with Crippen LogP contribution in [0.3, 0.4) is 0 Å². The topological polar surface area (TPSA) is 102 Å². The molecule has 2 saturated carbocycles. The molecule has 0 aromatic carbocycles. The summed E-state index contributed by atoms with van der Waals surface area (Å²) in [6, 6.07) is 0. The van der Waals surface area contributed by atoms with Crippen LogP contribution in [0.2, 0.25) is 0 Å². The van der Waals surface area contributed by atoms with Crippen LogP contribution in [-0.4, -0.2) is 72.2 Å². The van der Waals surface area contributed by atoms with Gasteiger partial charge in [-0.2, -0.15) is 5.10 Å². The van der Waals surface area contributed by atoms with Crippen molar-refractivity contribution in [3.63, 3.8) is 0 Å². The summed E-state index contributed by atoms with van der Waals surface area (Å²) in [5.41, 5.74) is 13.8. The van der Waals surface area contributed by atoms with E-state index in [2.05, 4.69) is 127 Å². The molecule has 11 atom stereocenters. The molecule has 0 amide bonds. The Balaban J connectivity index is 0.000000300. The summed E-state index contributed by atoms with van der Waals surface area (Å²) in [5, 5.41) is 7.27. The Morgan fingerprint density at radius 1 is 1.22 bits per heavy atom. The number of rotatable bonds is 10. The zero-order valence-electron chi connectivity index (χ0n) is 35.9. The SMILES string of the molecule is C/C=N\N/C(C1=NCCN1)=C(\C)CC.CC(C)[C@@H](C)[C@]12CCC3(C)C4CCC5C6(SCC(OC[C@](C)(N)C(C)C)[C@@]5(C)COC6C)C4=CC[C@@]3(C=CO1)C2. The number of thioether (sulfide) groups is 1. The summed E-state index contributed by atoms with van der Waals surface area (Å²) in [6.45, 7) is 30.5. The minimum atomic E-state index is -0.314. The second kappa shape index (κ2) is 15.5. The molecule has 4 fully saturated rings. The number of nitrogens with one attached hydrogen (secondary N) is 2. The number of amidine groups is 1. The maximum Gasteiger partial charge on any atom is 0.146 e. The molecule has 6 unspecified atom stereocenters. The van der Waals surface area contributed by atoms with Gasteiger partial charge in [0, 0.05) is 34.9 Å². The molecule has 0 aromatic rings. The van der Waals surface area contributed by atoms with Crippen molar-refractivity contribution in [1.82, 2.24) is 10.7 Å². The van der Waals surface area contributed by atoms with E-state index in [4.69, 9.17) is 19.9 Å². The Morgan fingerprint density at radius 2 is 1.98 bits per heavy atom. The summed E-state index contributed by atoms with van der Waals surface area (Å²) in [6.07, 6.45) is 17.8. The lowest BCUT2D eigenvalue weighted by Crippen LogP contribution is -2.71. The lowest BCUT2D eigenvalue weighted by atomic mass is 9.40. The fourth-order valence-corrected chi connectivity index (χ4v) is 13.6. The van der Waals surface area contributed by atoms with Crippen LogP contribution in [-0.2, 0) is 14.2 Å². The van der Waals surface area contributed by atoms with Gasteiger partial charge in [0.1, 0.15) is 11.4 Å². The molecule has 4 heterocycles. The number of allylic oxidation sites excluding steroid dienone is 3. The van der Waals surface area contributed by atoms with Crippen LogP contribution in [0.4, 0.5) is 0 Å². The molecule has 7 aliphatic rings. The van der Waals surface area contributed by atoms with Crippen molar-refractivity contribution in [2.45, 2.75) is 156 Å². The van der Waals surface area contributed by atoms with Gasteiger partial charge >= 0.3 is 0 Å². The van der Waals surface area contributed by atoms with Crippen LogP contribution >= 0.6 is 11.8 Å². The van der Waals surface area contributed by atoms with Gasteiger partial charge in [0.15, 0.2) is 0 Å². The number of hydrogen-bond acceptors (Lipinski definition) is 9. The number of nitrogens with two attached hydrogens (primary N) is 1. The summed E-state index contributed by atoms with van der Waals surface area (Å²) < 4.78 is 20.2. The predicted octanol–water partition coefficient (Wildman–Crippen LogP) is 9.03. The van der Waals surface area contributed by atoms with Crippen LogP contribution in [0.25, 0.3) is 0 Å². The number of ether oxygens (including phenoxy) is 3. The number of aliphatic imine (C=N–C) groups is 1. The molecule has 0 aromatic heterocycles. The summed E-state index contributed by atoms with van der Waals surface area (Å²) in [5.74, 6) is 4.72. The largest absolute Gasteiger partial charge is 0.495 e. The molecule has 304 valence electrons. The van der Waals surface area contributed by atoms with E-state index in [0.717, 1.165) is 49.8 Å². The maximum absolute atomic E-state index is 6.78. The Kier molecular flexibility index (Phi) is 12.0. The lowest BCUT2D eigenvalue weighted by Gasteiger charge is -2.71. The second-order valence-corrected chi connectivity index (χ2v) is 20.8. The van der Waals surface area contributed by atoms with Gasteiger partial charge in [-0.05, 0) is 119 Å². The van der Waals surface area contributed by atoms with Crippen LogP contribution in [0.1, 0.15) is 128 Å². The van der Waals surface area contributed by atoms with Crippen LogP contribution < -0.4 is 16.5 Å². The fourth-order valence-electron chi connectivity index (χ4n) is 11.4. The van der Waals surface area contributed by atoms with Gasteiger partial charge in [-0.3, -0.25) is 10.4 Å². The highest BCUT2D eigenvalue weighted by Crippen LogP contribution is 2.74. The van der Waals surface area contributed by atoms with E-state index >= 15 is 0 Å². The van der Waals surface area contributed by atoms with E-state index in [-0.39, 0.29) is 44.3 Å². The minimum Gasteiger partial charge on any atom is -0.495 e. The third-order valence-corrected chi connectivity index (χ3v) is 18.0. The minimum absolute atomic E-state index is 0.0132. The summed E-state index contributed by atoms with van der Waals surface area (Å²) >= 11 is 2.17. The number of hydrogen-bond donors (Lipinski definition) is 3. The Morgan fingerprint density at radius 3 is 2.63 bits per heavy atom. The summed E-state index contributed by atoms with van der Waals surface area (Å²) in [4.78, 5) is 4.37. The molecular formula is C45H75N5O3S. The van der Waals surface area contributed by atoms with Crippen molar-refractivity contribution < 1.29 is 14.2 Å². The molecule has 0 radical (unpaired) electrons. The first-order valence-corrected chi connectivity index (χ1v) is 22.4. The van der Waals surface area contributed by atoms with Crippen molar-refractivity contribution in [3.8, 4) is 0 Å². The Hall–Kier alpha value is -1.81. The average Bonchev–Trinajstić information content (AvgIpc) is 3.68. The third kappa shape index (κ3) is 6.74. The number of nitrogens with zero attached hydrogens (tertiary/aromatic N) is 2. The van der Waals surface area contributed by atoms with E-state index in [1.807, 2.05) is 6.92 Å². The van der Waals surface area contributed by atoms with Crippen LogP contribution in [0.15, 0.2) is 45.4 Å².